The molecule has 0 fully saturated rings. The second-order valence-electron chi connectivity index (χ2n) is 11.4. The predicted molar refractivity (Wildman–Crippen MR) is 182 cm³/mol. The summed E-state index contributed by atoms with van der Waals surface area (Å²) in [6, 6.07) is 48.8. The minimum absolute atomic E-state index is 0.780. The highest BCUT2D eigenvalue weighted by molar-refractivity contribution is 6.28. The molecule has 3 heterocycles. The molecule has 0 unspecified atom stereocenters. The first-order chi connectivity index (χ1) is 21.8. The van der Waals surface area contributed by atoms with E-state index in [0.29, 0.717) is 0 Å². The Bertz CT molecular complexity index is 2690. The summed E-state index contributed by atoms with van der Waals surface area (Å²) < 4.78 is 8.84. The van der Waals surface area contributed by atoms with Crippen molar-refractivity contribution >= 4 is 76.3 Å². The van der Waals surface area contributed by atoms with Crippen LogP contribution < -0.4 is 0 Å². The summed E-state index contributed by atoms with van der Waals surface area (Å²) >= 11 is 0. The fourth-order valence-corrected chi connectivity index (χ4v) is 7.04. The average Bonchev–Trinajstić information content (AvgIpc) is 3.64. The molecule has 10 aromatic rings. The Kier molecular flexibility index (Phi) is 4.69. The van der Waals surface area contributed by atoms with E-state index in [1.54, 1.807) is 0 Å². The van der Waals surface area contributed by atoms with Crippen LogP contribution in [0.3, 0.4) is 0 Å². The van der Waals surface area contributed by atoms with Crippen molar-refractivity contribution in [2.24, 2.45) is 0 Å². The van der Waals surface area contributed by atoms with Gasteiger partial charge in [-0.1, -0.05) is 103 Å². The molecule has 0 atom stereocenters. The van der Waals surface area contributed by atoms with Gasteiger partial charge in [0.15, 0.2) is 5.82 Å². The van der Waals surface area contributed by atoms with Crippen molar-refractivity contribution in [1.82, 2.24) is 14.5 Å². The molecule has 0 radical (unpaired) electrons. The van der Waals surface area contributed by atoms with Crippen LogP contribution in [0.1, 0.15) is 0 Å². The monoisotopic (exact) mass is 561 g/mol. The summed E-state index contributed by atoms with van der Waals surface area (Å²) in [6.07, 6.45) is 0. The molecular weight excluding hydrogens is 538 g/mol. The van der Waals surface area contributed by atoms with Gasteiger partial charge in [-0.15, -0.1) is 0 Å². The first kappa shape index (κ1) is 23.6. The number of furan rings is 1. The topological polar surface area (TPSA) is 43.9 Å². The zero-order chi connectivity index (χ0) is 28.8. The molecule has 4 heteroatoms. The van der Waals surface area contributed by atoms with Crippen molar-refractivity contribution in [3.05, 3.63) is 140 Å². The van der Waals surface area contributed by atoms with E-state index in [-0.39, 0.29) is 0 Å². The van der Waals surface area contributed by atoms with Gasteiger partial charge in [0.2, 0.25) is 0 Å². The van der Waals surface area contributed by atoms with Crippen LogP contribution in [-0.4, -0.2) is 14.5 Å². The van der Waals surface area contributed by atoms with E-state index in [1.807, 2.05) is 36.4 Å². The Morgan fingerprint density at radius 3 is 1.73 bits per heavy atom. The van der Waals surface area contributed by atoms with Gasteiger partial charge in [0, 0.05) is 27.1 Å². The maximum Gasteiger partial charge on any atom is 0.165 e. The second-order valence-corrected chi connectivity index (χ2v) is 11.4. The normalized spacial score (nSPS) is 12.1. The number of rotatable bonds is 2. The number of para-hydroxylation sites is 4. The van der Waals surface area contributed by atoms with E-state index in [0.717, 1.165) is 61.1 Å². The van der Waals surface area contributed by atoms with Gasteiger partial charge in [0.1, 0.15) is 16.9 Å². The first-order valence-electron chi connectivity index (χ1n) is 14.8. The summed E-state index contributed by atoms with van der Waals surface area (Å²) in [5.74, 6) is 0.780. The highest BCUT2D eigenvalue weighted by Gasteiger charge is 2.23. The number of nitrogens with zero attached hydrogens (tertiary/aromatic N) is 3. The zero-order valence-corrected chi connectivity index (χ0v) is 23.5. The van der Waals surface area contributed by atoms with E-state index < -0.39 is 0 Å². The van der Waals surface area contributed by atoms with Crippen molar-refractivity contribution < 1.29 is 4.42 Å². The largest absolute Gasteiger partial charge is 0.455 e. The van der Waals surface area contributed by atoms with Gasteiger partial charge >= 0.3 is 0 Å². The van der Waals surface area contributed by atoms with Crippen molar-refractivity contribution in [3.63, 3.8) is 0 Å². The van der Waals surface area contributed by atoms with Crippen LogP contribution in [-0.2, 0) is 0 Å². The van der Waals surface area contributed by atoms with Crippen molar-refractivity contribution in [2.45, 2.75) is 0 Å². The molecular formula is C40H23N3O. The Balaban J connectivity index is 1.42. The molecule has 4 nitrogen and oxygen atoms in total. The van der Waals surface area contributed by atoms with Gasteiger partial charge in [-0.05, 0) is 57.9 Å². The molecule has 0 aliphatic heterocycles. The number of aromatic nitrogens is 3. The Morgan fingerprint density at radius 1 is 0.455 bits per heavy atom. The molecule has 204 valence electrons. The number of fused-ring (bicyclic) bond motifs is 11. The van der Waals surface area contributed by atoms with Crippen LogP contribution >= 0.6 is 0 Å². The molecule has 3 aromatic heterocycles. The third kappa shape index (κ3) is 3.17. The fraction of sp³-hybridized carbons (Fsp3) is 0. The number of benzene rings is 7. The molecule has 10 rings (SSSR count). The predicted octanol–water partition coefficient (Wildman–Crippen LogP) is 10.6. The molecule has 0 N–H and O–H groups in total. The van der Waals surface area contributed by atoms with Crippen LogP contribution in [0.5, 0.6) is 0 Å². The summed E-state index contributed by atoms with van der Waals surface area (Å²) in [4.78, 5) is 10.7. The zero-order valence-electron chi connectivity index (χ0n) is 23.5. The minimum Gasteiger partial charge on any atom is -0.455 e. The van der Waals surface area contributed by atoms with E-state index in [9.17, 15) is 0 Å². The fourth-order valence-electron chi connectivity index (χ4n) is 7.04. The minimum atomic E-state index is 0.780. The van der Waals surface area contributed by atoms with E-state index in [1.165, 1.54) is 32.3 Å². The lowest BCUT2D eigenvalue weighted by atomic mass is 10.00. The lowest BCUT2D eigenvalue weighted by Crippen LogP contribution is -2.04. The van der Waals surface area contributed by atoms with Crippen molar-refractivity contribution in [1.29, 1.82) is 0 Å². The van der Waals surface area contributed by atoms with E-state index >= 15 is 0 Å². The Labute approximate surface area is 251 Å². The molecule has 44 heavy (non-hydrogen) atoms. The third-order valence-electron chi connectivity index (χ3n) is 8.97. The Morgan fingerprint density at radius 2 is 1.02 bits per heavy atom. The highest BCUT2D eigenvalue weighted by atomic mass is 16.3. The lowest BCUT2D eigenvalue weighted by Gasteiger charge is -2.14. The number of hydrogen-bond acceptors (Lipinski definition) is 3. The first-order valence-corrected chi connectivity index (χ1v) is 14.8. The summed E-state index contributed by atoms with van der Waals surface area (Å²) in [5.41, 5.74) is 7.26. The standard InChI is InChI=1S/C40H23N3O/c1-3-12-26-24(10-1)20-22-33-36(26)37-27-13-4-2-11-25(27)21-23-34(37)43(33)40-38(41-31-17-6-7-18-32(31)42-40)30-16-9-15-29-28-14-5-8-19-35(28)44-39(29)30/h1-23H. The maximum absolute atomic E-state index is 6.54. The third-order valence-corrected chi connectivity index (χ3v) is 8.97. The van der Waals surface area contributed by atoms with Gasteiger partial charge in [-0.2, -0.15) is 0 Å². The van der Waals surface area contributed by atoms with Gasteiger partial charge < -0.3 is 4.42 Å². The van der Waals surface area contributed by atoms with E-state index in [2.05, 4.69) is 108 Å². The molecule has 0 aliphatic rings. The van der Waals surface area contributed by atoms with Gasteiger partial charge in [0.05, 0.1) is 22.1 Å². The van der Waals surface area contributed by atoms with Crippen molar-refractivity contribution in [3.8, 4) is 17.1 Å². The summed E-state index contributed by atoms with van der Waals surface area (Å²) in [6.45, 7) is 0. The van der Waals surface area contributed by atoms with Crippen LogP contribution in [0.25, 0.3) is 93.4 Å². The number of hydrogen-bond donors (Lipinski definition) is 0. The van der Waals surface area contributed by atoms with Crippen LogP contribution in [0, 0.1) is 0 Å². The molecule has 0 spiro atoms. The van der Waals surface area contributed by atoms with Crippen LogP contribution in [0.2, 0.25) is 0 Å². The lowest BCUT2D eigenvalue weighted by molar-refractivity contribution is 0.669. The molecule has 0 amide bonds. The van der Waals surface area contributed by atoms with Crippen LogP contribution in [0.4, 0.5) is 0 Å². The second kappa shape index (κ2) is 8.76. The summed E-state index contributed by atoms with van der Waals surface area (Å²) in [5, 5.41) is 9.47. The quantitative estimate of drug-likeness (QED) is 0.211. The smallest absolute Gasteiger partial charge is 0.165 e. The SMILES string of the molecule is c1ccc2c(c1)ccc1c2c2c3ccccc3ccc2n1-c1nc2ccccc2nc1-c1cccc2c1oc1ccccc12. The van der Waals surface area contributed by atoms with Crippen LogP contribution in [0.15, 0.2) is 144 Å². The highest BCUT2D eigenvalue weighted by Crippen LogP contribution is 2.43. The Hall–Kier alpha value is -6.00. The molecule has 7 aromatic carbocycles. The van der Waals surface area contributed by atoms with E-state index in [4.69, 9.17) is 14.4 Å². The molecule has 0 bridgehead atoms. The van der Waals surface area contributed by atoms with Gasteiger partial charge in [0.25, 0.3) is 0 Å². The molecule has 0 aliphatic carbocycles. The van der Waals surface area contributed by atoms with Gasteiger partial charge in [-0.3, -0.25) is 4.57 Å². The average molecular weight is 562 g/mol. The molecule has 0 saturated carbocycles. The van der Waals surface area contributed by atoms with Crippen molar-refractivity contribution in [2.75, 3.05) is 0 Å². The maximum atomic E-state index is 6.54. The molecule has 0 saturated heterocycles. The van der Waals surface area contributed by atoms with Gasteiger partial charge in [-0.25, -0.2) is 9.97 Å². The summed E-state index contributed by atoms with van der Waals surface area (Å²) in [7, 11) is 0.